The van der Waals surface area contributed by atoms with Gasteiger partial charge in [0.15, 0.2) is 0 Å². The lowest BCUT2D eigenvalue weighted by atomic mass is 9.87. The van der Waals surface area contributed by atoms with Crippen LogP contribution in [0.4, 0.5) is 20.2 Å². The van der Waals surface area contributed by atoms with Crippen molar-refractivity contribution in [3.05, 3.63) is 33.9 Å². The minimum Gasteiger partial charge on any atom is -0.379 e. The van der Waals surface area contributed by atoms with Gasteiger partial charge in [0.1, 0.15) is 11.5 Å². The summed E-state index contributed by atoms with van der Waals surface area (Å²) in [6.45, 7) is 6.58. The Morgan fingerprint density at radius 2 is 1.95 bits per heavy atom. The first kappa shape index (κ1) is 17.3. The highest BCUT2D eigenvalue weighted by atomic mass is 19.1. The largest absolute Gasteiger partial charge is 0.379 e. The zero-order chi connectivity index (χ0) is 16.0. The fourth-order valence-corrected chi connectivity index (χ4v) is 2.16. The molecule has 1 rings (SSSR count). The number of hydrogen-bond donors (Lipinski definition) is 1. The Morgan fingerprint density at radius 1 is 1.29 bits per heavy atom. The third kappa shape index (κ3) is 5.28. The highest BCUT2D eigenvalue weighted by Gasteiger charge is 2.24. The number of halogens is 2. The van der Waals surface area contributed by atoms with Gasteiger partial charge in [0.05, 0.1) is 4.92 Å². The fraction of sp³-hybridized carbons (Fsp3) is 0.600. The molecule has 0 aliphatic rings. The van der Waals surface area contributed by atoms with Crippen LogP contribution in [0.25, 0.3) is 0 Å². The molecule has 0 unspecified atom stereocenters. The molecule has 0 saturated carbocycles. The summed E-state index contributed by atoms with van der Waals surface area (Å²) in [6.07, 6.45) is 4.24. The van der Waals surface area contributed by atoms with E-state index in [1.165, 1.54) is 0 Å². The van der Waals surface area contributed by atoms with Crippen molar-refractivity contribution in [2.45, 2.75) is 46.5 Å². The number of nitrogens with one attached hydrogen (secondary N) is 1. The van der Waals surface area contributed by atoms with E-state index < -0.39 is 22.2 Å². The second kappa shape index (κ2) is 7.33. The van der Waals surface area contributed by atoms with E-state index in [0.29, 0.717) is 12.6 Å². The molecule has 6 heteroatoms. The normalized spacial score (nSPS) is 11.5. The third-order valence-corrected chi connectivity index (χ3v) is 3.43. The number of benzene rings is 1. The van der Waals surface area contributed by atoms with Gasteiger partial charge in [0.25, 0.3) is 0 Å². The average Bonchev–Trinajstić information content (AvgIpc) is 2.35. The molecule has 0 atom stereocenters. The van der Waals surface area contributed by atoms with Crippen LogP contribution in [-0.4, -0.2) is 11.5 Å². The van der Waals surface area contributed by atoms with E-state index in [2.05, 4.69) is 12.2 Å². The number of hydrogen-bond acceptors (Lipinski definition) is 3. The molecule has 1 N–H and O–H groups in total. The molecule has 1 aromatic rings. The van der Waals surface area contributed by atoms with Gasteiger partial charge >= 0.3 is 5.69 Å². The van der Waals surface area contributed by atoms with Crippen LogP contribution in [0, 0.1) is 27.2 Å². The molecule has 4 nitrogen and oxygen atoms in total. The lowest BCUT2D eigenvalue weighted by molar-refractivity contribution is -0.386. The van der Waals surface area contributed by atoms with Crippen LogP contribution in [0.1, 0.15) is 46.5 Å². The maximum Gasteiger partial charge on any atom is 0.327 e. The summed E-state index contributed by atoms with van der Waals surface area (Å²) in [5, 5.41) is 13.7. The molecular formula is C15H22F2N2O2. The number of rotatable bonds is 8. The fourth-order valence-electron chi connectivity index (χ4n) is 2.16. The highest BCUT2D eigenvalue weighted by Crippen LogP contribution is 2.31. The molecule has 0 radical (unpaired) electrons. The van der Waals surface area contributed by atoms with E-state index in [0.717, 1.165) is 31.7 Å². The van der Waals surface area contributed by atoms with Crippen molar-refractivity contribution in [1.82, 2.24) is 0 Å². The van der Waals surface area contributed by atoms with Crippen molar-refractivity contribution in [3.8, 4) is 0 Å². The van der Waals surface area contributed by atoms with Gasteiger partial charge in [0.2, 0.25) is 5.82 Å². The molecule has 0 heterocycles. The average molecular weight is 300 g/mol. The first-order valence-corrected chi connectivity index (χ1v) is 7.14. The molecule has 118 valence electrons. The first-order valence-electron chi connectivity index (χ1n) is 7.14. The Labute approximate surface area is 123 Å². The quantitative estimate of drug-likeness (QED) is 0.422. The van der Waals surface area contributed by atoms with Crippen molar-refractivity contribution in [1.29, 1.82) is 0 Å². The number of anilines is 1. The van der Waals surface area contributed by atoms with Crippen LogP contribution in [0.15, 0.2) is 12.1 Å². The molecule has 0 bridgehead atoms. The molecule has 0 aromatic heterocycles. The van der Waals surface area contributed by atoms with Gasteiger partial charge in [-0.1, -0.05) is 40.0 Å². The van der Waals surface area contributed by atoms with Gasteiger partial charge in [-0.05, 0) is 11.8 Å². The van der Waals surface area contributed by atoms with Crippen LogP contribution in [0.5, 0.6) is 0 Å². The van der Waals surface area contributed by atoms with Crippen LogP contribution >= 0.6 is 0 Å². The summed E-state index contributed by atoms with van der Waals surface area (Å²) in [4.78, 5) is 10.1. The highest BCUT2D eigenvalue weighted by molar-refractivity contribution is 5.62. The molecule has 1 aromatic carbocycles. The molecular weight excluding hydrogens is 278 g/mol. The SMILES string of the molecule is CCCCCC(C)(C)CNc1cc(F)cc(F)c1[N+](=O)[O-]. The number of nitro benzene ring substituents is 1. The van der Waals surface area contributed by atoms with E-state index in [-0.39, 0.29) is 11.1 Å². The van der Waals surface area contributed by atoms with E-state index in [9.17, 15) is 18.9 Å². The molecule has 0 spiro atoms. The van der Waals surface area contributed by atoms with Crippen LogP contribution in [0.3, 0.4) is 0 Å². The topological polar surface area (TPSA) is 55.2 Å². The summed E-state index contributed by atoms with van der Waals surface area (Å²) in [6, 6.07) is 1.49. The molecule has 0 saturated heterocycles. The van der Waals surface area contributed by atoms with Crippen LogP contribution in [-0.2, 0) is 0 Å². The van der Waals surface area contributed by atoms with E-state index in [4.69, 9.17) is 0 Å². The van der Waals surface area contributed by atoms with Crippen molar-refractivity contribution >= 4 is 11.4 Å². The van der Waals surface area contributed by atoms with Crippen LogP contribution in [0.2, 0.25) is 0 Å². The maximum absolute atomic E-state index is 13.5. The molecule has 0 aliphatic heterocycles. The molecule has 0 aliphatic carbocycles. The molecule has 0 fully saturated rings. The van der Waals surface area contributed by atoms with E-state index in [1.807, 2.05) is 13.8 Å². The Bertz CT molecular complexity index is 505. The van der Waals surface area contributed by atoms with Crippen molar-refractivity contribution in [2.75, 3.05) is 11.9 Å². The summed E-state index contributed by atoms with van der Waals surface area (Å²) >= 11 is 0. The maximum atomic E-state index is 13.5. The number of unbranched alkanes of at least 4 members (excludes halogenated alkanes) is 2. The zero-order valence-electron chi connectivity index (χ0n) is 12.7. The molecule has 21 heavy (non-hydrogen) atoms. The Kier molecular flexibility index (Phi) is 6.05. The predicted octanol–water partition coefficient (Wildman–Crippen LogP) is 4.89. The second-order valence-electron chi connectivity index (χ2n) is 6.02. The number of nitrogens with zero attached hydrogens (tertiary/aromatic N) is 1. The van der Waals surface area contributed by atoms with Gasteiger partial charge < -0.3 is 5.32 Å². The van der Waals surface area contributed by atoms with E-state index >= 15 is 0 Å². The van der Waals surface area contributed by atoms with Gasteiger partial charge in [-0.2, -0.15) is 4.39 Å². The van der Waals surface area contributed by atoms with Crippen molar-refractivity contribution in [3.63, 3.8) is 0 Å². The minimum absolute atomic E-state index is 0.105. The monoisotopic (exact) mass is 300 g/mol. The van der Waals surface area contributed by atoms with Gasteiger partial charge in [0, 0.05) is 18.7 Å². The predicted molar refractivity (Wildman–Crippen MR) is 79.4 cm³/mol. The zero-order valence-corrected chi connectivity index (χ0v) is 12.7. The van der Waals surface area contributed by atoms with Crippen molar-refractivity contribution in [2.24, 2.45) is 5.41 Å². The molecule has 0 amide bonds. The third-order valence-electron chi connectivity index (χ3n) is 3.43. The minimum atomic E-state index is -1.16. The summed E-state index contributed by atoms with van der Waals surface area (Å²) in [7, 11) is 0. The summed E-state index contributed by atoms with van der Waals surface area (Å²) < 4.78 is 26.7. The van der Waals surface area contributed by atoms with Gasteiger partial charge in [-0.15, -0.1) is 0 Å². The second-order valence-corrected chi connectivity index (χ2v) is 6.02. The van der Waals surface area contributed by atoms with Gasteiger partial charge in [-0.25, -0.2) is 4.39 Å². The Morgan fingerprint density at radius 3 is 2.52 bits per heavy atom. The van der Waals surface area contributed by atoms with Crippen molar-refractivity contribution < 1.29 is 13.7 Å². The standard InChI is InChI=1S/C15H22F2N2O2/c1-4-5-6-7-15(2,3)10-18-13-9-11(16)8-12(17)14(13)19(20)21/h8-9,18H,4-7,10H2,1-3H3. The lowest BCUT2D eigenvalue weighted by Crippen LogP contribution is -2.23. The smallest absolute Gasteiger partial charge is 0.327 e. The number of nitro groups is 1. The van der Waals surface area contributed by atoms with Gasteiger partial charge in [-0.3, -0.25) is 10.1 Å². The van der Waals surface area contributed by atoms with E-state index in [1.54, 1.807) is 0 Å². The first-order chi connectivity index (χ1) is 9.76. The van der Waals surface area contributed by atoms with Crippen LogP contribution < -0.4 is 5.32 Å². The summed E-state index contributed by atoms with van der Waals surface area (Å²) in [5.74, 6) is -1.99. The Hall–Kier alpha value is -1.72. The lowest BCUT2D eigenvalue weighted by Gasteiger charge is -2.25. The summed E-state index contributed by atoms with van der Waals surface area (Å²) in [5.41, 5.74) is -0.923. The Balaban J connectivity index is 2.81.